The Labute approximate surface area is 145 Å². The van der Waals surface area contributed by atoms with E-state index >= 15 is 0 Å². The fraction of sp³-hybridized carbons (Fsp3) is 0. The molecule has 1 aromatic heterocycles. The fourth-order valence-corrected chi connectivity index (χ4v) is 2.39. The van der Waals surface area contributed by atoms with Crippen molar-refractivity contribution >= 4 is 45.5 Å². The first-order valence-electron chi connectivity index (χ1n) is 6.93. The summed E-state index contributed by atoms with van der Waals surface area (Å²) in [5, 5.41) is 2.16. The summed E-state index contributed by atoms with van der Waals surface area (Å²) >= 11 is 3.29. The Morgan fingerprint density at radius 1 is 1.08 bits per heavy atom. The molecular weight excluding hydrogens is 376 g/mol. The Morgan fingerprint density at radius 3 is 2.50 bits per heavy atom. The van der Waals surface area contributed by atoms with Gasteiger partial charge in [-0.05, 0) is 48.6 Å². The number of furan rings is 1. The van der Waals surface area contributed by atoms with Gasteiger partial charge < -0.3 is 4.42 Å². The number of allylic oxidation sites excluding steroid dienone is 2. The smallest absolute Gasteiger partial charge is 0.335 e. The number of amides is 4. The summed E-state index contributed by atoms with van der Waals surface area (Å²) in [6.07, 6.45) is 5.98. The van der Waals surface area contributed by atoms with E-state index in [1.807, 2.05) is 0 Å². The predicted octanol–water partition coefficient (Wildman–Crippen LogP) is 3.26. The number of carbonyl (C=O) groups is 3. The second-order valence-electron chi connectivity index (χ2n) is 4.83. The zero-order valence-corrected chi connectivity index (χ0v) is 13.8. The van der Waals surface area contributed by atoms with Crippen LogP contribution in [0.1, 0.15) is 5.76 Å². The molecule has 4 amide bonds. The van der Waals surface area contributed by atoms with E-state index in [1.165, 1.54) is 18.4 Å². The maximum atomic E-state index is 12.5. The lowest BCUT2D eigenvalue weighted by atomic mass is 10.1. The molecule has 2 heterocycles. The number of hydrogen-bond donors (Lipinski definition) is 1. The minimum absolute atomic E-state index is 0.139. The molecule has 1 saturated heterocycles. The van der Waals surface area contributed by atoms with Gasteiger partial charge >= 0.3 is 6.03 Å². The summed E-state index contributed by atoms with van der Waals surface area (Å²) in [5.74, 6) is -0.839. The third kappa shape index (κ3) is 3.21. The first-order valence-corrected chi connectivity index (χ1v) is 7.73. The van der Waals surface area contributed by atoms with Gasteiger partial charge in [0.05, 0.1) is 12.0 Å². The number of nitrogens with one attached hydrogen (secondary N) is 1. The van der Waals surface area contributed by atoms with Crippen LogP contribution in [0.5, 0.6) is 0 Å². The van der Waals surface area contributed by atoms with E-state index in [0.717, 1.165) is 9.37 Å². The van der Waals surface area contributed by atoms with Crippen LogP contribution >= 0.6 is 15.9 Å². The number of anilines is 1. The van der Waals surface area contributed by atoms with Crippen molar-refractivity contribution in [3.05, 3.63) is 70.6 Å². The maximum Gasteiger partial charge on any atom is 0.335 e. The Balaban J connectivity index is 1.89. The molecule has 0 radical (unpaired) electrons. The molecule has 120 valence electrons. The quantitative estimate of drug-likeness (QED) is 0.648. The number of nitrogens with zero attached hydrogens (tertiary/aromatic N) is 1. The number of carbonyl (C=O) groups excluding carboxylic acids is 3. The van der Waals surface area contributed by atoms with Gasteiger partial charge in [-0.15, -0.1) is 0 Å². The molecule has 0 aliphatic carbocycles. The molecule has 2 aromatic rings. The summed E-state index contributed by atoms with van der Waals surface area (Å²) < 4.78 is 5.93. The van der Waals surface area contributed by atoms with Crippen LogP contribution < -0.4 is 10.2 Å². The number of benzene rings is 1. The molecule has 0 bridgehead atoms. The summed E-state index contributed by atoms with van der Waals surface area (Å²) in [5.41, 5.74) is 0.231. The van der Waals surface area contributed by atoms with E-state index in [1.54, 1.807) is 42.5 Å². The summed E-state index contributed by atoms with van der Waals surface area (Å²) in [6.45, 7) is 0. The molecule has 3 rings (SSSR count). The molecule has 1 aliphatic rings. The van der Waals surface area contributed by atoms with Gasteiger partial charge in [0.25, 0.3) is 11.8 Å². The van der Waals surface area contributed by atoms with Crippen LogP contribution in [0, 0.1) is 0 Å². The van der Waals surface area contributed by atoms with Crippen molar-refractivity contribution in [1.29, 1.82) is 0 Å². The van der Waals surface area contributed by atoms with Gasteiger partial charge in [0.15, 0.2) is 0 Å². The van der Waals surface area contributed by atoms with Gasteiger partial charge in [0.1, 0.15) is 11.3 Å². The third-order valence-electron chi connectivity index (χ3n) is 3.25. The Hall–Kier alpha value is -2.93. The molecule has 0 unspecified atom stereocenters. The highest BCUT2D eigenvalue weighted by Crippen LogP contribution is 2.22. The van der Waals surface area contributed by atoms with E-state index < -0.39 is 17.8 Å². The Kier molecular flexibility index (Phi) is 4.43. The molecule has 7 heteroatoms. The molecule has 1 aromatic carbocycles. The molecule has 0 saturated carbocycles. The zero-order valence-electron chi connectivity index (χ0n) is 12.2. The van der Waals surface area contributed by atoms with Crippen LogP contribution in [0.3, 0.4) is 0 Å². The number of rotatable bonds is 3. The van der Waals surface area contributed by atoms with E-state index in [0.29, 0.717) is 11.4 Å². The van der Waals surface area contributed by atoms with Crippen LogP contribution in [-0.2, 0) is 9.59 Å². The van der Waals surface area contributed by atoms with Gasteiger partial charge in [0, 0.05) is 4.47 Å². The SMILES string of the molecule is O=C1NC(=O)N(c2ccc(Br)cc2)C(=O)C1=CC=Cc1ccco1. The molecule has 24 heavy (non-hydrogen) atoms. The van der Waals surface area contributed by atoms with Crippen LogP contribution in [0.4, 0.5) is 10.5 Å². The van der Waals surface area contributed by atoms with Gasteiger partial charge in [-0.25, -0.2) is 9.69 Å². The molecular formula is C17H11BrN2O4. The van der Waals surface area contributed by atoms with Crippen molar-refractivity contribution in [2.45, 2.75) is 0 Å². The lowest BCUT2D eigenvalue weighted by Gasteiger charge is -2.26. The largest absolute Gasteiger partial charge is 0.465 e. The summed E-state index contributed by atoms with van der Waals surface area (Å²) in [6, 6.07) is 9.29. The minimum Gasteiger partial charge on any atom is -0.465 e. The average Bonchev–Trinajstić information content (AvgIpc) is 3.05. The summed E-state index contributed by atoms with van der Waals surface area (Å²) in [4.78, 5) is 37.4. The fourth-order valence-electron chi connectivity index (χ4n) is 2.13. The predicted molar refractivity (Wildman–Crippen MR) is 91.0 cm³/mol. The third-order valence-corrected chi connectivity index (χ3v) is 3.78. The van der Waals surface area contributed by atoms with E-state index in [9.17, 15) is 14.4 Å². The van der Waals surface area contributed by atoms with Gasteiger partial charge in [-0.1, -0.05) is 22.0 Å². The number of halogens is 1. The van der Waals surface area contributed by atoms with Crippen LogP contribution in [0.25, 0.3) is 6.08 Å². The minimum atomic E-state index is -0.778. The highest BCUT2D eigenvalue weighted by Gasteiger charge is 2.36. The van der Waals surface area contributed by atoms with Crippen molar-refractivity contribution in [2.75, 3.05) is 4.90 Å². The second-order valence-corrected chi connectivity index (χ2v) is 5.75. The van der Waals surface area contributed by atoms with E-state index in [4.69, 9.17) is 4.42 Å². The highest BCUT2D eigenvalue weighted by atomic mass is 79.9. The van der Waals surface area contributed by atoms with Crippen molar-refractivity contribution in [3.8, 4) is 0 Å². The molecule has 0 atom stereocenters. The van der Waals surface area contributed by atoms with Crippen LogP contribution in [0.15, 0.2) is 69.3 Å². The number of hydrogen-bond acceptors (Lipinski definition) is 4. The molecule has 1 N–H and O–H groups in total. The maximum absolute atomic E-state index is 12.5. The van der Waals surface area contributed by atoms with Crippen LogP contribution in [0.2, 0.25) is 0 Å². The number of imide groups is 2. The monoisotopic (exact) mass is 386 g/mol. The molecule has 6 nitrogen and oxygen atoms in total. The first kappa shape index (κ1) is 15.9. The Morgan fingerprint density at radius 2 is 1.83 bits per heavy atom. The van der Waals surface area contributed by atoms with Crippen molar-refractivity contribution in [2.24, 2.45) is 0 Å². The average molecular weight is 387 g/mol. The van der Waals surface area contributed by atoms with Crippen molar-refractivity contribution in [1.82, 2.24) is 5.32 Å². The Bertz CT molecular complexity index is 851. The van der Waals surface area contributed by atoms with Crippen molar-refractivity contribution < 1.29 is 18.8 Å². The molecule has 0 spiro atoms. The van der Waals surface area contributed by atoms with Gasteiger partial charge in [0.2, 0.25) is 0 Å². The number of barbiturate groups is 1. The molecule has 1 aliphatic heterocycles. The molecule has 1 fully saturated rings. The second kappa shape index (κ2) is 6.67. The lowest BCUT2D eigenvalue weighted by molar-refractivity contribution is -0.122. The topological polar surface area (TPSA) is 79.6 Å². The standard InChI is InChI=1S/C17H11BrN2O4/c18-11-6-8-12(9-7-11)20-16(22)14(15(21)19-17(20)23)5-1-3-13-4-2-10-24-13/h1-10H,(H,19,21,23). The highest BCUT2D eigenvalue weighted by molar-refractivity contribution is 9.10. The normalized spacial score (nSPS) is 17.0. The van der Waals surface area contributed by atoms with Gasteiger partial charge in [-0.3, -0.25) is 14.9 Å². The number of urea groups is 1. The zero-order chi connectivity index (χ0) is 17.1. The summed E-state index contributed by atoms with van der Waals surface area (Å²) in [7, 11) is 0. The van der Waals surface area contributed by atoms with Gasteiger partial charge in [-0.2, -0.15) is 0 Å². The van der Waals surface area contributed by atoms with E-state index in [-0.39, 0.29) is 5.57 Å². The van der Waals surface area contributed by atoms with E-state index in [2.05, 4.69) is 21.2 Å². The lowest BCUT2D eigenvalue weighted by Crippen LogP contribution is -2.54. The van der Waals surface area contributed by atoms with Crippen LogP contribution in [-0.4, -0.2) is 17.8 Å². The van der Waals surface area contributed by atoms with Crippen molar-refractivity contribution in [3.63, 3.8) is 0 Å². The first-order chi connectivity index (χ1) is 11.6.